The van der Waals surface area contributed by atoms with Crippen LogP contribution in [0.25, 0.3) is 6.08 Å². The molecule has 0 aromatic heterocycles. The second-order valence-corrected chi connectivity index (χ2v) is 4.85. The summed E-state index contributed by atoms with van der Waals surface area (Å²) in [6, 6.07) is 5.88. The predicted molar refractivity (Wildman–Crippen MR) is 66.8 cm³/mol. The van der Waals surface area contributed by atoms with Crippen molar-refractivity contribution in [2.75, 3.05) is 0 Å². The maximum Gasteiger partial charge on any atom is 0.394 e. The first kappa shape index (κ1) is 13.5. The zero-order chi connectivity index (χ0) is 14.0. The molecule has 4 nitrogen and oxygen atoms in total. The number of ether oxygens (including phenoxy) is 1. The average molecular weight is 285 g/mol. The van der Waals surface area contributed by atoms with Crippen LogP contribution in [0.3, 0.4) is 0 Å². The lowest BCUT2D eigenvalue weighted by atomic mass is 10.2. The van der Waals surface area contributed by atoms with Crippen molar-refractivity contribution in [3.05, 3.63) is 34.7 Å². The van der Waals surface area contributed by atoms with Crippen LogP contribution in [0, 0.1) is 0 Å². The summed E-state index contributed by atoms with van der Waals surface area (Å²) in [5.74, 6) is -0.515. The Labute approximate surface area is 111 Å². The van der Waals surface area contributed by atoms with Crippen LogP contribution < -0.4 is 10.1 Å². The number of thioether (sulfide) groups is 1. The number of nitrogens with one attached hydrogen (secondary N) is 1. The van der Waals surface area contributed by atoms with Crippen LogP contribution in [0.2, 0.25) is 0 Å². The molecule has 1 aromatic carbocycles. The summed E-state index contributed by atoms with van der Waals surface area (Å²) in [6.45, 7) is 0.636. The minimum absolute atomic E-state index is 0.0171. The van der Waals surface area contributed by atoms with E-state index in [1.165, 1.54) is 24.3 Å². The van der Waals surface area contributed by atoms with Crippen LogP contribution in [-0.2, 0) is 4.79 Å². The molecule has 0 aliphatic carbocycles. The Morgan fingerprint density at radius 1 is 1.37 bits per heavy atom. The molecule has 1 heterocycles. The number of rotatable bonds is 3. The van der Waals surface area contributed by atoms with Crippen molar-refractivity contribution < 1.29 is 23.1 Å². The van der Waals surface area contributed by atoms with Crippen molar-refractivity contribution >= 4 is 29.0 Å². The molecule has 0 atom stereocenters. The van der Waals surface area contributed by atoms with Gasteiger partial charge in [-0.3, -0.25) is 14.9 Å². The van der Waals surface area contributed by atoms with Crippen LogP contribution >= 0.6 is 11.8 Å². The van der Waals surface area contributed by atoms with Gasteiger partial charge in [0.1, 0.15) is 5.75 Å². The van der Waals surface area contributed by atoms with E-state index in [0.717, 1.165) is 11.8 Å². The Morgan fingerprint density at radius 3 is 2.68 bits per heavy atom. The highest BCUT2D eigenvalue weighted by molar-refractivity contribution is 8.18. The maximum absolute atomic E-state index is 12.7. The fourth-order valence-electron chi connectivity index (χ4n) is 1.45. The van der Waals surface area contributed by atoms with Gasteiger partial charge in [0.25, 0.3) is 11.1 Å². The maximum atomic E-state index is 12.7. The third-order valence-corrected chi connectivity index (χ3v) is 2.91. The highest BCUT2D eigenvalue weighted by Gasteiger charge is 2.25. The number of imide groups is 1. The first-order chi connectivity index (χ1) is 8.83. The van der Waals surface area contributed by atoms with E-state index in [2.05, 4.69) is 10.1 Å². The van der Waals surface area contributed by atoms with E-state index in [0.29, 0.717) is 12.5 Å². The SMILES string of the molecule is CC(F)(F)Oc1cccc(/C=C2/SC(=O)NC2=O)c1. The molecular weight excluding hydrogens is 276 g/mol. The molecular formula is C12H9F2NO3S. The van der Waals surface area contributed by atoms with E-state index < -0.39 is 17.3 Å². The van der Waals surface area contributed by atoms with Gasteiger partial charge in [-0.1, -0.05) is 12.1 Å². The summed E-state index contributed by atoms with van der Waals surface area (Å²) in [7, 11) is 0. The summed E-state index contributed by atoms with van der Waals surface area (Å²) in [6.07, 6.45) is -1.84. The summed E-state index contributed by atoms with van der Waals surface area (Å²) in [5.41, 5.74) is 0.495. The van der Waals surface area contributed by atoms with Crippen molar-refractivity contribution in [2.45, 2.75) is 13.0 Å². The summed E-state index contributed by atoms with van der Waals surface area (Å²) in [5, 5.41) is 1.65. The Bertz CT molecular complexity index is 566. The van der Waals surface area contributed by atoms with Gasteiger partial charge in [-0.15, -0.1) is 0 Å². The molecule has 1 aromatic rings. The van der Waals surface area contributed by atoms with Gasteiger partial charge in [-0.2, -0.15) is 8.78 Å². The molecule has 1 fully saturated rings. The first-order valence-electron chi connectivity index (χ1n) is 5.25. The first-order valence-corrected chi connectivity index (χ1v) is 6.07. The van der Waals surface area contributed by atoms with E-state index >= 15 is 0 Å². The van der Waals surface area contributed by atoms with Gasteiger partial charge in [0.2, 0.25) is 0 Å². The van der Waals surface area contributed by atoms with Gasteiger partial charge in [0, 0.05) is 6.92 Å². The van der Waals surface area contributed by atoms with Gasteiger partial charge in [0.05, 0.1) is 4.91 Å². The Hall–Kier alpha value is -1.89. The third kappa shape index (κ3) is 3.78. The fourth-order valence-corrected chi connectivity index (χ4v) is 2.13. The number of halogens is 2. The van der Waals surface area contributed by atoms with Crippen molar-refractivity contribution in [3.63, 3.8) is 0 Å². The monoisotopic (exact) mass is 285 g/mol. The van der Waals surface area contributed by atoms with Crippen LogP contribution in [0.15, 0.2) is 29.2 Å². The largest absolute Gasteiger partial charge is 0.433 e. The topological polar surface area (TPSA) is 55.4 Å². The van der Waals surface area contributed by atoms with Crippen molar-refractivity contribution in [3.8, 4) is 5.75 Å². The van der Waals surface area contributed by atoms with Gasteiger partial charge in [-0.05, 0) is 35.5 Å². The van der Waals surface area contributed by atoms with E-state index in [-0.39, 0.29) is 10.7 Å². The number of benzene rings is 1. The van der Waals surface area contributed by atoms with E-state index in [9.17, 15) is 18.4 Å². The molecule has 0 saturated carbocycles. The molecule has 2 rings (SSSR count). The molecule has 7 heteroatoms. The van der Waals surface area contributed by atoms with E-state index in [1.807, 2.05) is 0 Å². The lowest BCUT2D eigenvalue weighted by Gasteiger charge is -2.13. The quantitative estimate of drug-likeness (QED) is 0.867. The lowest BCUT2D eigenvalue weighted by molar-refractivity contribution is -0.158. The second-order valence-electron chi connectivity index (χ2n) is 3.83. The summed E-state index contributed by atoms with van der Waals surface area (Å²) < 4.78 is 29.8. The zero-order valence-electron chi connectivity index (χ0n) is 9.78. The second kappa shape index (κ2) is 5.00. The number of amides is 2. The Balaban J connectivity index is 2.22. The number of hydrogen-bond acceptors (Lipinski definition) is 4. The molecule has 1 aliphatic heterocycles. The molecule has 100 valence electrons. The van der Waals surface area contributed by atoms with Gasteiger partial charge in [-0.25, -0.2) is 0 Å². The minimum Gasteiger partial charge on any atom is -0.433 e. The summed E-state index contributed by atoms with van der Waals surface area (Å²) in [4.78, 5) is 22.5. The van der Waals surface area contributed by atoms with E-state index in [1.54, 1.807) is 6.07 Å². The molecule has 2 amide bonds. The molecule has 0 radical (unpaired) electrons. The van der Waals surface area contributed by atoms with Crippen LogP contribution in [0.5, 0.6) is 5.75 Å². The number of carbonyl (C=O) groups excluding carboxylic acids is 2. The van der Waals surface area contributed by atoms with Crippen molar-refractivity contribution in [1.29, 1.82) is 0 Å². The van der Waals surface area contributed by atoms with Crippen molar-refractivity contribution in [2.24, 2.45) is 0 Å². The average Bonchev–Trinajstić information content (AvgIpc) is 2.55. The van der Waals surface area contributed by atoms with Crippen molar-refractivity contribution in [1.82, 2.24) is 5.32 Å². The molecule has 1 aliphatic rings. The Morgan fingerprint density at radius 2 is 2.11 bits per heavy atom. The normalized spacial score (nSPS) is 17.7. The van der Waals surface area contributed by atoms with Gasteiger partial charge >= 0.3 is 6.11 Å². The molecule has 1 saturated heterocycles. The predicted octanol–water partition coefficient (Wildman–Crippen LogP) is 3.00. The van der Waals surface area contributed by atoms with Gasteiger partial charge in [0.15, 0.2) is 0 Å². The zero-order valence-corrected chi connectivity index (χ0v) is 10.6. The highest BCUT2D eigenvalue weighted by Crippen LogP contribution is 2.27. The molecule has 19 heavy (non-hydrogen) atoms. The van der Waals surface area contributed by atoms with Crippen LogP contribution in [0.1, 0.15) is 12.5 Å². The van der Waals surface area contributed by atoms with Gasteiger partial charge < -0.3 is 4.74 Å². The smallest absolute Gasteiger partial charge is 0.394 e. The number of carbonyl (C=O) groups is 2. The third-order valence-electron chi connectivity index (χ3n) is 2.09. The highest BCUT2D eigenvalue weighted by atomic mass is 32.2. The standard InChI is InChI=1S/C12H9F2NO3S/c1-12(13,14)18-8-4-2-3-7(5-8)6-9-10(16)15-11(17)19-9/h2-6H,1H3,(H,15,16,17)/b9-6+. The van der Waals surface area contributed by atoms with Crippen LogP contribution in [0.4, 0.5) is 13.6 Å². The lowest BCUT2D eigenvalue weighted by Crippen LogP contribution is -2.19. The molecule has 1 N–H and O–H groups in total. The summed E-state index contributed by atoms with van der Waals surface area (Å²) >= 11 is 0.760. The minimum atomic E-state index is -3.28. The fraction of sp³-hybridized carbons (Fsp3) is 0.167. The Kier molecular flexibility index (Phi) is 3.57. The number of hydrogen-bond donors (Lipinski definition) is 1. The number of alkyl halides is 2. The van der Waals surface area contributed by atoms with E-state index in [4.69, 9.17) is 0 Å². The molecule has 0 spiro atoms. The van der Waals surface area contributed by atoms with Crippen LogP contribution in [-0.4, -0.2) is 17.3 Å². The molecule has 0 bridgehead atoms. The molecule has 0 unspecified atom stereocenters.